The molecule has 6 nitrogen and oxygen atoms in total. The topological polar surface area (TPSA) is 71.4 Å². The van der Waals surface area contributed by atoms with Gasteiger partial charge >= 0.3 is 0 Å². The van der Waals surface area contributed by atoms with Crippen LogP contribution in [0.4, 0.5) is 5.82 Å². The second-order valence-corrected chi connectivity index (χ2v) is 8.76. The molecule has 0 radical (unpaired) electrons. The van der Waals surface area contributed by atoms with E-state index in [-0.39, 0.29) is 0 Å². The molecular formula is C19H22N4O2S2. The summed E-state index contributed by atoms with van der Waals surface area (Å²) in [5.74, 6) is 0.835. The summed E-state index contributed by atoms with van der Waals surface area (Å²) in [5, 5.41) is 11.1. The van der Waals surface area contributed by atoms with Crippen LogP contribution in [0.5, 0.6) is 0 Å². The van der Waals surface area contributed by atoms with Crippen LogP contribution < -0.4 is 4.90 Å². The molecule has 3 aromatic rings. The number of hydrogen-bond acceptors (Lipinski definition) is 8. The summed E-state index contributed by atoms with van der Waals surface area (Å²) in [6.45, 7) is 2.35. The summed E-state index contributed by atoms with van der Waals surface area (Å²) in [4.78, 5) is 15.6. The van der Waals surface area contributed by atoms with Gasteiger partial charge in [-0.3, -0.25) is 0 Å². The maximum atomic E-state index is 11.1. The normalized spacial score (nSPS) is 16.5. The van der Waals surface area contributed by atoms with Crippen LogP contribution in [0.15, 0.2) is 41.0 Å². The van der Waals surface area contributed by atoms with Crippen molar-refractivity contribution in [2.24, 2.45) is 0 Å². The molecule has 0 atom stereocenters. The second kappa shape index (κ2) is 8.10. The molecule has 2 aromatic heterocycles. The zero-order valence-electron chi connectivity index (χ0n) is 15.2. The highest BCUT2D eigenvalue weighted by Gasteiger charge is 2.33. The minimum absolute atomic E-state index is 0.504. The van der Waals surface area contributed by atoms with Crippen molar-refractivity contribution in [3.8, 4) is 0 Å². The largest absolute Gasteiger partial charge is 0.388 e. The van der Waals surface area contributed by atoms with Gasteiger partial charge in [-0.2, -0.15) is 0 Å². The van der Waals surface area contributed by atoms with E-state index in [1.165, 1.54) is 5.56 Å². The Kier molecular flexibility index (Phi) is 5.58. The fourth-order valence-corrected chi connectivity index (χ4v) is 4.84. The Morgan fingerprint density at radius 1 is 1.22 bits per heavy atom. The molecule has 1 fully saturated rings. The van der Waals surface area contributed by atoms with Crippen LogP contribution in [0.2, 0.25) is 0 Å². The van der Waals surface area contributed by atoms with Gasteiger partial charge < -0.3 is 14.7 Å². The summed E-state index contributed by atoms with van der Waals surface area (Å²) in [6.07, 6.45) is 4.83. The van der Waals surface area contributed by atoms with Crippen molar-refractivity contribution in [3.05, 3.63) is 42.2 Å². The van der Waals surface area contributed by atoms with E-state index >= 15 is 0 Å². The summed E-state index contributed by atoms with van der Waals surface area (Å²) >= 11 is 3.21. The number of thiazole rings is 1. The highest BCUT2D eigenvalue weighted by atomic mass is 32.2. The van der Waals surface area contributed by atoms with Gasteiger partial charge in [0.15, 0.2) is 15.8 Å². The molecule has 8 heteroatoms. The van der Waals surface area contributed by atoms with Crippen molar-refractivity contribution in [2.75, 3.05) is 30.9 Å². The molecule has 4 rings (SSSR count). The number of rotatable bonds is 6. The third kappa shape index (κ3) is 4.24. The number of nitrogens with zero attached hydrogens (tertiary/aromatic N) is 4. The van der Waals surface area contributed by atoms with E-state index in [4.69, 9.17) is 4.74 Å². The molecule has 0 unspecified atom stereocenters. The fraction of sp³-hybridized carbons (Fsp3) is 0.421. The van der Waals surface area contributed by atoms with Gasteiger partial charge in [-0.1, -0.05) is 42.1 Å². The average molecular weight is 403 g/mol. The zero-order valence-corrected chi connectivity index (χ0v) is 16.8. The Morgan fingerprint density at radius 3 is 2.74 bits per heavy atom. The molecular weight excluding hydrogens is 380 g/mol. The number of hydrogen-bond donors (Lipinski definition) is 1. The maximum absolute atomic E-state index is 11.1. The van der Waals surface area contributed by atoms with E-state index in [1.54, 1.807) is 29.4 Å². The first-order valence-electron chi connectivity index (χ1n) is 8.91. The maximum Gasteiger partial charge on any atom is 0.176 e. The van der Waals surface area contributed by atoms with Crippen molar-refractivity contribution >= 4 is 39.3 Å². The van der Waals surface area contributed by atoms with Crippen molar-refractivity contribution in [3.63, 3.8) is 0 Å². The first kappa shape index (κ1) is 18.6. The van der Waals surface area contributed by atoms with Crippen LogP contribution in [-0.4, -0.2) is 51.7 Å². The minimum atomic E-state index is -0.780. The Balaban J connectivity index is 1.72. The van der Waals surface area contributed by atoms with E-state index in [9.17, 15) is 5.11 Å². The van der Waals surface area contributed by atoms with E-state index in [0.717, 1.165) is 14.9 Å². The van der Waals surface area contributed by atoms with Crippen molar-refractivity contribution in [1.82, 2.24) is 15.0 Å². The van der Waals surface area contributed by atoms with E-state index in [2.05, 4.69) is 32.0 Å². The molecule has 0 amide bonds. The second-order valence-electron chi connectivity index (χ2n) is 6.71. The highest BCUT2D eigenvalue weighted by Crippen LogP contribution is 2.34. The predicted octanol–water partition coefficient (Wildman–Crippen LogP) is 3.36. The van der Waals surface area contributed by atoms with Crippen LogP contribution in [-0.2, 0) is 11.3 Å². The van der Waals surface area contributed by atoms with Crippen molar-refractivity contribution in [2.45, 2.75) is 29.3 Å². The number of benzene rings is 1. The molecule has 1 aromatic carbocycles. The zero-order chi connectivity index (χ0) is 18.7. The molecule has 1 aliphatic rings. The molecule has 142 valence electrons. The highest BCUT2D eigenvalue weighted by molar-refractivity contribution is 8.00. The Bertz CT molecular complexity index is 897. The van der Waals surface area contributed by atoms with Gasteiger partial charge in [0.05, 0.1) is 5.60 Å². The number of aromatic nitrogens is 3. The van der Waals surface area contributed by atoms with Crippen LogP contribution >= 0.6 is 23.1 Å². The molecule has 0 saturated carbocycles. The standard InChI is InChI=1S/C19H22N4O2S2/c1-26-18-22-16-15(27-18)17(21-13-20-16)23(11-14-5-3-2-4-6-14)12-19(24)7-9-25-10-8-19/h2-6,13,24H,7-12H2,1H3. The van der Waals surface area contributed by atoms with E-state index in [1.807, 2.05) is 24.5 Å². The number of anilines is 1. The monoisotopic (exact) mass is 402 g/mol. The lowest BCUT2D eigenvalue weighted by Crippen LogP contribution is -2.47. The molecule has 0 bridgehead atoms. The lowest BCUT2D eigenvalue weighted by molar-refractivity contribution is -0.0580. The molecule has 1 aliphatic heterocycles. The van der Waals surface area contributed by atoms with Gasteiger partial charge in [-0.15, -0.1) is 11.3 Å². The molecule has 0 spiro atoms. The SMILES string of the molecule is CSc1nc2ncnc(N(Cc3ccccc3)CC3(O)CCOCC3)c2s1. The molecule has 1 saturated heterocycles. The predicted molar refractivity (Wildman–Crippen MR) is 109 cm³/mol. The summed E-state index contributed by atoms with van der Waals surface area (Å²) in [6, 6.07) is 10.3. The van der Waals surface area contributed by atoms with Crippen molar-refractivity contribution in [1.29, 1.82) is 0 Å². The molecule has 3 heterocycles. The molecule has 0 aliphatic carbocycles. The Hall–Kier alpha value is -1.74. The average Bonchev–Trinajstić information content (AvgIpc) is 3.12. The summed E-state index contributed by atoms with van der Waals surface area (Å²) < 4.78 is 7.38. The van der Waals surface area contributed by atoms with Gasteiger partial charge in [0.1, 0.15) is 11.0 Å². The van der Waals surface area contributed by atoms with Gasteiger partial charge in [0.2, 0.25) is 0 Å². The number of aliphatic hydroxyl groups is 1. The molecule has 1 N–H and O–H groups in total. The summed E-state index contributed by atoms with van der Waals surface area (Å²) in [7, 11) is 0. The van der Waals surface area contributed by atoms with Crippen molar-refractivity contribution < 1.29 is 9.84 Å². The van der Waals surface area contributed by atoms with E-state index in [0.29, 0.717) is 44.8 Å². The number of thioether (sulfide) groups is 1. The Labute approximate surface area is 166 Å². The number of fused-ring (bicyclic) bond motifs is 1. The van der Waals surface area contributed by atoms with Gasteiger partial charge in [0.25, 0.3) is 0 Å². The smallest absolute Gasteiger partial charge is 0.176 e. The first-order chi connectivity index (χ1) is 13.2. The number of ether oxygens (including phenoxy) is 1. The van der Waals surface area contributed by atoms with Crippen LogP contribution in [0.25, 0.3) is 10.3 Å². The van der Waals surface area contributed by atoms with E-state index < -0.39 is 5.60 Å². The lowest BCUT2D eigenvalue weighted by atomic mass is 9.93. The van der Waals surface area contributed by atoms with Gasteiger partial charge in [-0.25, -0.2) is 15.0 Å². The van der Waals surface area contributed by atoms with Crippen LogP contribution in [0.3, 0.4) is 0 Å². The third-order valence-electron chi connectivity index (χ3n) is 4.75. The quantitative estimate of drug-likeness (QED) is 0.634. The summed E-state index contributed by atoms with van der Waals surface area (Å²) in [5.41, 5.74) is 1.11. The van der Waals surface area contributed by atoms with Crippen LogP contribution in [0, 0.1) is 0 Å². The third-order valence-corrected chi connectivity index (χ3v) is 6.78. The first-order valence-corrected chi connectivity index (χ1v) is 11.0. The van der Waals surface area contributed by atoms with Gasteiger partial charge in [0, 0.05) is 39.1 Å². The van der Waals surface area contributed by atoms with Gasteiger partial charge in [-0.05, 0) is 11.8 Å². The fourth-order valence-electron chi connectivity index (χ4n) is 3.31. The van der Waals surface area contributed by atoms with Crippen LogP contribution in [0.1, 0.15) is 18.4 Å². The Morgan fingerprint density at radius 2 is 2.00 bits per heavy atom. The molecule has 27 heavy (non-hydrogen) atoms. The minimum Gasteiger partial charge on any atom is -0.388 e. The lowest BCUT2D eigenvalue weighted by Gasteiger charge is -2.37.